The van der Waals surface area contributed by atoms with Crippen LogP contribution in [0.3, 0.4) is 0 Å². The fourth-order valence-corrected chi connectivity index (χ4v) is 3.51. The molecule has 156 valence electrons. The summed E-state index contributed by atoms with van der Waals surface area (Å²) in [5.74, 6) is 0. The number of carbonyl (C=O) groups is 1. The summed E-state index contributed by atoms with van der Waals surface area (Å²) in [5.41, 5.74) is -1.46. The van der Waals surface area contributed by atoms with Crippen LogP contribution in [0.4, 0.5) is 31.1 Å². The molecule has 0 radical (unpaired) electrons. The number of benzene rings is 2. The summed E-state index contributed by atoms with van der Waals surface area (Å²) in [6.45, 7) is 1.85. The highest BCUT2D eigenvalue weighted by molar-refractivity contribution is 14.1. The largest absolute Gasteiger partial charge is 0.439 e. The predicted octanol–water partition coefficient (Wildman–Crippen LogP) is 6.33. The average molecular weight is 529 g/mol. The Labute approximate surface area is 175 Å². The van der Waals surface area contributed by atoms with Crippen LogP contribution in [0.25, 0.3) is 0 Å². The molecule has 2 aromatic rings. The molecule has 0 bridgehead atoms. The molecule has 3 nitrogen and oxygen atoms in total. The highest BCUT2D eigenvalue weighted by atomic mass is 127. The molecule has 0 saturated carbocycles. The van der Waals surface area contributed by atoms with Crippen LogP contribution in [0.15, 0.2) is 36.4 Å². The predicted molar refractivity (Wildman–Crippen MR) is 100.0 cm³/mol. The van der Waals surface area contributed by atoms with Gasteiger partial charge in [-0.1, -0.05) is 17.7 Å². The molecule has 1 saturated heterocycles. The van der Waals surface area contributed by atoms with Crippen molar-refractivity contribution in [1.29, 1.82) is 0 Å². The second-order valence-corrected chi connectivity index (χ2v) is 7.85. The van der Waals surface area contributed by atoms with Gasteiger partial charge in [-0.3, -0.25) is 4.90 Å². The van der Waals surface area contributed by atoms with Gasteiger partial charge in [-0.25, -0.2) is 4.79 Å². The maximum Gasteiger partial charge on any atom is 0.416 e. The summed E-state index contributed by atoms with van der Waals surface area (Å²) in [6.07, 6.45) is -11.9. The van der Waals surface area contributed by atoms with Gasteiger partial charge in [0.1, 0.15) is 6.10 Å². The third kappa shape index (κ3) is 4.96. The number of halogens is 7. The molecule has 1 aliphatic rings. The maximum absolute atomic E-state index is 13.1. The minimum Gasteiger partial charge on any atom is -0.439 e. The highest BCUT2D eigenvalue weighted by Crippen LogP contribution is 2.39. The van der Waals surface area contributed by atoms with Crippen LogP contribution in [-0.2, 0) is 23.6 Å². The first kappa shape index (κ1) is 21.7. The van der Waals surface area contributed by atoms with Gasteiger partial charge in [0, 0.05) is 3.57 Å². The van der Waals surface area contributed by atoms with Crippen molar-refractivity contribution < 1.29 is 35.9 Å². The molecular formula is C19H14F6INO2. The van der Waals surface area contributed by atoms with Gasteiger partial charge in [-0.15, -0.1) is 0 Å². The molecular weight excluding hydrogens is 515 g/mol. The second-order valence-electron chi connectivity index (χ2n) is 6.69. The molecule has 1 amide bonds. The molecule has 1 heterocycles. The number of hydrogen-bond donors (Lipinski definition) is 0. The van der Waals surface area contributed by atoms with Gasteiger partial charge in [0.15, 0.2) is 0 Å². The normalized spacial score (nSPS) is 17.6. The maximum atomic E-state index is 13.1. The third-order valence-corrected chi connectivity index (χ3v) is 5.48. The summed E-state index contributed by atoms with van der Waals surface area (Å²) < 4.78 is 84.3. The zero-order valence-electron chi connectivity index (χ0n) is 14.9. The second kappa shape index (κ2) is 7.69. The zero-order valence-corrected chi connectivity index (χ0v) is 17.0. The van der Waals surface area contributed by atoms with Gasteiger partial charge in [-0.05, 0) is 64.9 Å². The van der Waals surface area contributed by atoms with E-state index < -0.39 is 35.7 Å². The summed E-state index contributed by atoms with van der Waals surface area (Å²) in [6, 6.07) is 6.83. The first-order valence-electron chi connectivity index (χ1n) is 8.34. The number of alkyl halides is 6. The van der Waals surface area contributed by atoms with E-state index >= 15 is 0 Å². The Morgan fingerprint density at radius 2 is 1.62 bits per heavy atom. The van der Waals surface area contributed by atoms with E-state index in [1.807, 2.05) is 25.1 Å². The van der Waals surface area contributed by atoms with Gasteiger partial charge in [0.25, 0.3) is 0 Å². The summed E-state index contributed by atoms with van der Waals surface area (Å²) >= 11 is 2.08. The van der Waals surface area contributed by atoms with Crippen molar-refractivity contribution >= 4 is 28.7 Å². The SMILES string of the molecule is Cc1ccc(I)c(CN2CC(c3cc(C(F)(F)F)cc(C(F)(F)F)c3)OC2=O)c1. The minimum atomic E-state index is -4.96. The van der Waals surface area contributed by atoms with E-state index in [0.717, 1.165) is 14.7 Å². The average Bonchev–Trinajstić information content (AvgIpc) is 2.97. The van der Waals surface area contributed by atoms with E-state index in [9.17, 15) is 31.1 Å². The number of cyclic esters (lactones) is 1. The van der Waals surface area contributed by atoms with Crippen molar-refractivity contribution in [3.05, 3.63) is 67.8 Å². The molecule has 0 aromatic heterocycles. The molecule has 0 spiro atoms. The van der Waals surface area contributed by atoms with E-state index in [2.05, 4.69) is 22.6 Å². The molecule has 0 N–H and O–H groups in total. The first-order valence-corrected chi connectivity index (χ1v) is 9.42. The van der Waals surface area contributed by atoms with Crippen molar-refractivity contribution in [2.45, 2.75) is 31.9 Å². The van der Waals surface area contributed by atoms with Crippen LogP contribution < -0.4 is 0 Å². The molecule has 1 aliphatic heterocycles. The number of nitrogens with zero attached hydrogens (tertiary/aromatic N) is 1. The van der Waals surface area contributed by atoms with Gasteiger partial charge in [-0.2, -0.15) is 26.3 Å². The van der Waals surface area contributed by atoms with Gasteiger partial charge >= 0.3 is 18.4 Å². The lowest BCUT2D eigenvalue weighted by Gasteiger charge is -2.17. The van der Waals surface area contributed by atoms with Crippen LogP contribution in [0.1, 0.15) is 33.9 Å². The van der Waals surface area contributed by atoms with Crippen molar-refractivity contribution in [3.8, 4) is 0 Å². The Kier molecular flexibility index (Phi) is 5.76. The van der Waals surface area contributed by atoms with E-state index in [1.165, 1.54) is 4.90 Å². The van der Waals surface area contributed by atoms with E-state index in [0.29, 0.717) is 12.1 Å². The van der Waals surface area contributed by atoms with Crippen LogP contribution in [-0.4, -0.2) is 17.5 Å². The molecule has 29 heavy (non-hydrogen) atoms. The van der Waals surface area contributed by atoms with Crippen LogP contribution in [0.5, 0.6) is 0 Å². The fourth-order valence-electron chi connectivity index (χ4n) is 3.01. The number of ether oxygens (including phenoxy) is 1. The fraction of sp³-hybridized carbons (Fsp3) is 0.316. The third-order valence-electron chi connectivity index (χ3n) is 4.43. The number of aryl methyl sites for hydroxylation is 1. The molecule has 3 rings (SSSR count). The smallest absolute Gasteiger partial charge is 0.416 e. The molecule has 1 unspecified atom stereocenters. The van der Waals surface area contributed by atoms with Gasteiger partial charge < -0.3 is 4.74 Å². The van der Waals surface area contributed by atoms with Crippen molar-refractivity contribution in [2.24, 2.45) is 0 Å². The first-order chi connectivity index (χ1) is 13.3. The molecule has 0 aliphatic carbocycles. The number of rotatable bonds is 3. The monoisotopic (exact) mass is 529 g/mol. The topological polar surface area (TPSA) is 29.5 Å². The van der Waals surface area contributed by atoms with E-state index in [1.54, 1.807) is 0 Å². The minimum absolute atomic E-state index is 0.0488. The number of carbonyl (C=O) groups excluding carboxylic acids is 1. The summed E-state index contributed by atoms with van der Waals surface area (Å²) in [5, 5.41) is 0. The quantitative estimate of drug-likeness (QED) is 0.344. The Balaban J connectivity index is 1.90. The van der Waals surface area contributed by atoms with E-state index in [4.69, 9.17) is 4.74 Å². The van der Waals surface area contributed by atoms with Gasteiger partial charge in [0.05, 0.1) is 24.2 Å². The van der Waals surface area contributed by atoms with Crippen LogP contribution in [0.2, 0.25) is 0 Å². The Morgan fingerprint density at radius 1 is 1.03 bits per heavy atom. The molecule has 10 heteroatoms. The lowest BCUT2D eigenvalue weighted by Crippen LogP contribution is -2.24. The molecule has 2 aromatic carbocycles. The number of hydrogen-bond acceptors (Lipinski definition) is 2. The zero-order chi connectivity index (χ0) is 21.6. The Morgan fingerprint density at radius 3 is 2.17 bits per heavy atom. The molecule has 1 fully saturated rings. The lowest BCUT2D eigenvalue weighted by atomic mass is 10.0. The van der Waals surface area contributed by atoms with Crippen LogP contribution in [0, 0.1) is 10.5 Å². The lowest BCUT2D eigenvalue weighted by molar-refractivity contribution is -0.143. The van der Waals surface area contributed by atoms with Gasteiger partial charge in [0.2, 0.25) is 0 Å². The molecule has 1 atom stereocenters. The van der Waals surface area contributed by atoms with Crippen molar-refractivity contribution in [2.75, 3.05) is 6.54 Å². The Hall–Kier alpha value is -1.98. The van der Waals surface area contributed by atoms with Crippen molar-refractivity contribution in [1.82, 2.24) is 4.90 Å². The van der Waals surface area contributed by atoms with Crippen LogP contribution >= 0.6 is 22.6 Å². The number of amides is 1. The Bertz CT molecular complexity index is 909. The standard InChI is InChI=1S/C19H14F6INO2/c1-10-2-3-15(26)12(4-10)8-27-9-16(29-17(27)28)11-5-13(18(20,21)22)7-14(6-11)19(23,24)25/h2-7,16H,8-9H2,1H3. The summed E-state index contributed by atoms with van der Waals surface area (Å²) in [7, 11) is 0. The highest BCUT2D eigenvalue weighted by Gasteiger charge is 2.40. The van der Waals surface area contributed by atoms with Crippen molar-refractivity contribution in [3.63, 3.8) is 0 Å². The summed E-state index contributed by atoms with van der Waals surface area (Å²) in [4.78, 5) is 13.4. The van der Waals surface area contributed by atoms with E-state index in [-0.39, 0.29) is 24.7 Å².